The number of aryl methyl sites for hydroxylation is 4. The lowest BCUT2D eigenvalue weighted by atomic mass is 9.99. The number of hydrogen-bond donors (Lipinski definition) is 1. The second kappa shape index (κ2) is 5.69. The van der Waals surface area contributed by atoms with Crippen molar-refractivity contribution in [3.05, 3.63) is 74.8 Å². The Morgan fingerprint density at radius 3 is 2.73 bits per heavy atom. The number of nitrogens with zero attached hydrogens (tertiary/aromatic N) is 2. The van der Waals surface area contributed by atoms with Crippen molar-refractivity contribution in [2.45, 2.75) is 19.8 Å². The largest absolute Gasteiger partial charge is 0.477 e. The molecule has 2 heterocycles. The summed E-state index contributed by atoms with van der Waals surface area (Å²) in [6.45, 7) is 1.73. The second-order valence-electron chi connectivity index (χ2n) is 6.60. The number of halogens is 1. The molecule has 4 rings (SSSR count). The van der Waals surface area contributed by atoms with Crippen LogP contribution in [0.5, 0.6) is 0 Å². The number of carbonyl (C=O) groups is 1. The van der Waals surface area contributed by atoms with Crippen molar-refractivity contribution in [3.8, 4) is 0 Å². The first-order chi connectivity index (χ1) is 12.4. The van der Waals surface area contributed by atoms with Crippen molar-refractivity contribution < 1.29 is 14.3 Å². The smallest absolute Gasteiger partial charge is 0.341 e. The molecule has 0 atom stereocenters. The van der Waals surface area contributed by atoms with Crippen LogP contribution in [0.1, 0.15) is 27.0 Å². The normalized spacial score (nSPS) is 11.7. The highest BCUT2D eigenvalue weighted by molar-refractivity contribution is 6.00. The van der Waals surface area contributed by atoms with Crippen LogP contribution in [0.4, 0.5) is 4.39 Å². The van der Waals surface area contributed by atoms with Crippen LogP contribution in [-0.4, -0.2) is 20.3 Å². The minimum atomic E-state index is -1.24. The Morgan fingerprint density at radius 1 is 1.23 bits per heavy atom. The van der Waals surface area contributed by atoms with Gasteiger partial charge in [-0.3, -0.25) is 14.0 Å². The van der Waals surface area contributed by atoms with E-state index >= 15 is 0 Å². The van der Waals surface area contributed by atoms with Gasteiger partial charge in [0.2, 0.25) is 5.43 Å². The van der Waals surface area contributed by atoms with Gasteiger partial charge in [0, 0.05) is 13.2 Å². The van der Waals surface area contributed by atoms with E-state index in [4.69, 9.17) is 0 Å². The number of benzene rings is 2. The third kappa shape index (κ3) is 2.29. The highest BCUT2D eigenvalue weighted by atomic mass is 19.1. The molecule has 5 nitrogen and oxygen atoms in total. The van der Waals surface area contributed by atoms with Crippen LogP contribution in [0, 0.1) is 12.7 Å². The van der Waals surface area contributed by atoms with Crippen LogP contribution >= 0.6 is 0 Å². The third-order valence-electron chi connectivity index (χ3n) is 4.98. The lowest BCUT2D eigenvalue weighted by Gasteiger charge is -2.21. The fourth-order valence-corrected chi connectivity index (χ4v) is 3.51. The lowest BCUT2D eigenvalue weighted by molar-refractivity contribution is 0.0695. The van der Waals surface area contributed by atoms with Gasteiger partial charge in [0.05, 0.1) is 16.4 Å². The molecule has 4 aromatic rings. The standard InChI is InChI=1S/C20H17FN2O3/c1-11-4-3-5-13(17(11)21)7-6-12-8-14-18-16(9-12)22(2)23(18)10-15(19(14)24)20(25)26/h3-5,8-10H,6-7H2,1-2H3,(H,25,26). The first kappa shape index (κ1) is 16.3. The SMILES string of the molecule is Cc1cccc(CCc2cc3c(=O)c(C(=O)O)cn4c3c(c2)n4C)c1F. The molecule has 26 heavy (non-hydrogen) atoms. The predicted octanol–water partition coefficient (Wildman–Crippen LogP) is 3.16. The number of carboxylic acids is 1. The first-order valence-electron chi connectivity index (χ1n) is 8.32. The van der Waals surface area contributed by atoms with Gasteiger partial charge in [-0.1, -0.05) is 18.2 Å². The van der Waals surface area contributed by atoms with E-state index in [1.54, 1.807) is 34.3 Å². The van der Waals surface area contributed by atoms with E-state index in [0.717, 1.165) is 16.6 Å². The Labute approximate surface area is 148 Å². The molecule has 6 heteroatoms. The molecular weight excluding hydrogens is 335 g/mol. The zero-order chi connectivity index (χ0) is 18.6. The average Bonchev–Trinajstić information content (AvgIpc) is 2.62. The van der Waals surface area contributed by atoms with Crippen molar-refractivity contribution in [1.82, 2.24) is 9.20 Å². The van der Waals surface area contributed by atoms with Crippen LogP contribution in [0.3, 0.4) is 0 Å². The number of hydrogen-bond acceptors (Lipinski definition) is 2. The van der Waals surface area contributed by atoms with E-state index in [-0.39, 0.29) is 11.4 Å². The minimum absolute atomic E-state index is 0.201. The maximum atomic E-state index is 14.2. The van der Waals surface area contributed by atoms with E-state index < -0.39 is 11.4 Å². The van der Waals surface area contributed by atoms with Crippen molar-refractivity contribution in [1.29, 1.82) is 0 Å². The molecule has 0 aliphatic rings. The number of aromatic carboxylic acids is 1. The summed E-state index contributed by atoms with van der Waals surface area (Å²) in [5.41, 5.74) is 2.99. The Morgan fingerprint density at radius 2 is 2.00 bits per heavy atom. The number of rotatable bonds is 4. The third-order valence-corrected chi connectivity index (χ3v) is 4.98. The predicted molar refractivity (Wildman–Crippen MR) is 96.8 cm³/mol. The van der Waals surface area contributed by atoms with E-state index in [0.29, 0.717) is 29.4 Å². The van der Waals surface area contributed by atoms with Crippen molar-refractivity contribution in [2.75, 3.05) is 0 Å². The summed E-state index contributed by atoms with van der Waals surface area (Å²) in [7, 11) is 1.81. The molecule has 0 aliphatic carbocycles. The Kier molecular flexibility index (Phi) is 3.57. The summed E-state index contributed by atoms with van der Waals surface area (Å²) in [5, 5.41) is 9.65. The molecule has 0 saturated carbocycles. The summed E-state index contributed by atoms with van der Waals surface area (Å²) in [5.74, 6) is -1.44. The van der Waals surface area contributed by atoms with Gasteiger partial charge in [-0.05, 0) is 48.6 Å². The fraction of sp³-hybridized carbons (Fsp3) is 0.200. The van der Waals surface area contributed by atoms with Crippen molar-refractivity contribution >= 4 is 22.4 Å². The van der Waals surface area contributed by atoms with Gasteiger partial charge in [-0.25, -0.2) is 9.18 Å². The number of aromatic nitrogens is 2. The molecule has 2 aromatic heterocycles. The van der Waals surface area contributed by atoms with Gasteiger partial charge in [0.15, 0.2) is 0 Å². The van der Waals surface area contributed by atoms with E-state index in [9.17, 15) is 19.1 Å². The molecule has 0 saturated heterocycles. The maximum absolute atomic E-state index is 14.2. The van der Waals surface area contributed by atoms with E-state index in [2.05, 4.69) is 0 Å². The van der Waals surface area contributed by atoms with Gasteiger partial charge < -0.3 is 5.11 Å². The lowest BCUT2D eigenvalue weighted by Crippen LogP contribution is -2.24. The van der Waals surface area contributed by atoms with E-state index in [1.165, 1.54) is 6.20 Å². The minimum Gasteiger partial charge on any atom is -0.477 e. The Balaban J connectivity index is 1.78. The van der Waals surface area contributed by atoms with Gasteiger partial charge >= 0.3 is 5.97 Å². The summed E-state index contributed by atoms with van der Waals surface area (Å²) in [6.07, 6.45) is 2.42. The van der Waals surface area contributed by atoms with Gasteiger partial charge in [0.1, 0.15) is 11.4 Å². The monoisotopic (exact) mass is 352 g/mol. The molecule has 132 valence electrons. The Bertz CT molecular complexity index is 1220. The maximum Gasteiger partial charge on any atom is 0.341 e. The highest BCUT2D eigenvalue weighted by Gasteiger charge is 2.20. The molecule has 0 spiro atoms. The van der Waals surface area contributed by atoms with Crippen molar-refractivity contribution in [3.63, 3.8) is 0 Å². The molecule has 0 radical (unpaired) electrons. The van der Waals surface area contributed by atoms with Crippen LogP contribution in [0.2, 0.25) is 0 Å². The van der Waals surface area contributed by atoms with Gasteiger partial charge in [0.25, 0.3) is 0 Å². The zero-order valence-corrected chi connectivity index (χ0v) is 14.4. The van der Waals surface area contributed by atoms with Gasteiger partial charge in [-0.15, -0.1) is 0 Å². The average molecular weight is 352 g/mol. The highest BCUT2D eigenvalue weighted by Crippen LogP contribution is 2.26. The molecule has 0 unspecified atom stereocenters. The zero-order valence-electron chi connectivity index (χ0n) is 14.4. The molecule has 0 aliphatic heterocycles. The molecule has 0 bridgehead atoms. The van der Waals surface area contributed by atoms with Gasteiger partial charge in [-0.2, -0.15) is 0 Å². The molecule has 0 fully saturated rings. The number of carboxylic acid groups (broad SMARTS) is 1. The molecule has 0 amide bonds. The quantitative estimate of drug-likeness (QED) is 0.614. The fourth-order valence-electron chi connectivity index (χ4n) is 3.51. The molecule has 1 N–H and O–H groups in total. The number of pyridine rings is 1. The molecule has 2 aromatic carbocycles. The summed E-state index contributed by atoms with van der Waals surface area (Å²) in [6, 6.07) is 9.02. The van der Waals surface area contributed by atoms with Crippen LogP contribution in [-0.2, 0) is 19.9 Å². The Hall–Kier alpha value is -3.15. The summed E-state index contributed by atoms with van der Waals surface area (Å²) < 4.78 is 17.7. The first-order valence-corrected chi connectivity index (χ1v) is 8.32. The van der Waals surface area contributed by atoms with Crippen LogP contribution < -0.4 is 5.43 Å². The van der Waals surface area contributed by atoms with Crippen LogP contribution in [0.15, 0.2) is 41.3 Å². The van der Waals surface area contributed by atoms with Crippen molar-refractivity contribution in [2.24, 2.45) is 7.05 Å². The summed E-state index contributed by atoms with van der Waals surface area (Å²) >= 11 is 0. The molecular formula is C20H17FN2O3. The topological polar surface area (TPSA) is 63.7 Å². The van der Waals surface area contributed by atoms with Crippen LogP contribution in [0.25, 0.3) is 16.4 Å². The summed E-state index contributed by atoms with van der Waals surface area (Å²) in [4.78, 5) is 23.8. The second-order valence-corrected chi connectivity index (χ2v) is 6.60. The van der Waals surface area contributed by atoms with E-state index in [1.807, 2.05) is 19.2 Å².